The number of benzene rings is 1. The number of piperazine rings is 1. The Morgan fingerprint density at radius 1 is 0.964 bits per heavy atom. The first-order valence-electron chi connectivity index (χ1n) is 10.7. The highest BCUT2D eigenvalue weighted by Crippen LogP contribution is 2.34. The largest absolute Gasteiger partial charge is 0.369 e. The second kappa shape index (κ2) is 7.59. The molecule has 1 N–H and O–H groups in total. The van der Waals surface area contributed by atoms with Crippen molar-refractivity contribution >= 4 is 23.1 Å². The predicted octanol–water partition coefficient (Wildman–Crippen LogP) is 3.28. The monoisotopic (exact) mass is 378 g/mol. The Morgan fingerprint density at radius 3 is 2.46 bits per heavy atom. The molecule has 1 aliphatic carbocycles. The molecule has 0 spiro atoms. The minimum Gasteiger partial charge on any atom is -0.369 e. The van der Waals surface area contributed by atoms with Crippen LogP contribution in [0.25, 0.3) is 0 Å². The summed E-state index contributed by atoms with van der Waals surface area (Å²) in [5.41, 5.74) is 3.63. The first kappa shape index (κ1) is 17.7. The van der Waals surface area contributed by atoms with Gasteiger partial charge < -0.3 is 20.0 Å². The van der Waals surface area contributed by atoms with Crippen LogP contribution in [0.2, 0.25) is 0 Å². The van der Waals surface area contributed by atoms with E-state index in [0.29, 0.717) is 12.0 Å². The first-order chi connectivity index (χ1) is 13.8. The molecule has 28 heavy (non-hydrogen) atoms. The van der Waals surface area contributed by atoms with Gasteiger partial charge in [-0.2, -0.15) is 4.98 Å². The quantitative estimate of drug-likeness (QED) is 0.881. The van der Waals surface area contributed by atoms with Gasteiger partial charge >= 0.3 is 0 Å². The summed E-state index contributed by atoms with van der Waals surface area (Å²) in [6.07, 6.45) is 8.41. The third-order valence-electron chi connectivity index (χ3n) is 6.49. The van der Waals surface area contributed by atoms with Gasteiger partial charge in [0.25, 0.3) is 0 Å². The number of hydrogen-bond donors (Lipinski definition) is 1. The zero-order chi connectivity index (χ0) is 18.9. The Morgan fingerprint density at radius 2 is 1.71 bits per heavy atom. The molecule has 1 aromatic heterocycles. The number of likely N-dealkylation sites (N-methyl/N-ethyl adjacent to an activating group) is 1. The van der Waals surface area contributed by atoms with Gasteiger partial charge in [0.2, 0.25) is 5.95 Å². The maximum absolute atomic E-state index is 4.88. The molecule has 2 aliphatic heterocycles. The maximum atomic E-state index is 4.88. The Kier molecular flexibility index (Phi) is 4.81. The molecule has 0 bridgehead atoms. The fraction of sp³-hybridized carbons (Fsp3) is 0.545. The molecule has 6 heteroatoms. The summed E-state index contributed by atoms with van der Waals surface area (Å²) >= 11 is 0. The molecule has 148 valence electrons. The average molecular weight is 379 g/mol. The summed E-state index contributed by atoms with van der Waals surface area (Å²) in [6, 6.07) is 9.35. The van der Waals surface area contributed by atoms with Crippen LogP contribution < -0.4 is 15.1 Å². The van der Waals surface area contributed by atoms with Crippen LogP contribution in [-0.2, 0) is 6.42 Å². The van der Waals surface area contributed by atoms with Crippen LogP contribution in [0, 0.1) is 0 Å². The van der Waals surface area contributed by atoms with E-state index in [1.165, 1.54) is 36.9 Å². The van der Waals surface area contributed by atoms with Gasteiger partial charge in [-0.05, 0) is 50.6 Å². The van der Waals surface area contributed by atoms with Crippen LogP contribution in [0.3, 0.4) is 0 Å². The molecule has 0 atom stereocenters. The van der Waals surface area contributed by atoms with E-state index < -0.39 is 0 Å². The summed E-state index contributed by atoms with van der Waals surface area (Å²) in [7, 11) is 2.19. The highest BCUT2D eigenvalue weighted by Gasteiger charge is 2.30. The molecule has 1 aromatic carbocycles. The minimum absolute atomic E-state index is 0.673. The molecular weight excluding hydrogens is 348 g/mol. The lowest BCUT2D eigenvalue weighted by Crippen LogP contribution is -2.44. The maximum Gasteiger partial charge on any atom is 0.229 e. The van der Waals surface area contributed by atoms with E-state index in [1.807, 2.05) is 6.20 Å². The van der Waals surface area contributed by atoms with E-state index in [1.54, 1.807) is 0 Å². The SMILES string of the molecule is CN1CCN(c2ccc(Nc3ncc4c(n3)N(C3CCCC3)CC4)cc2)CC1. The number of nitrogens with zero attached hydrogens (tertiary/aromatic N) is 5. The van der Waals surface area contributed by atoms with Gasteiger partial charge in [-0.1, -0.05) is 12.8 Å². The zero-order valence-electron chi connectivity index (χ0n) is 16.8. The fourth-order valence-corrected chi connectivity index (χ4v) is 4.75. The smallest absolute Gasteiger partial charge is 0.229 e. The molecule has 3 aliphatic rings. The van der Waals surface area contributed by atoms with Crippen molar-refractivity contribution in [2.45, 2.75) is 38.1 Å². The van der Waals surface area contributed by atoms with Gasteiger partial charge in [-0.3, -0.25) is 0 Å². The van der Waals surface area contributed by atoms with Crippen molar-refractivity contribution in [2.24, 2.45) is 0 Å². The Hall–Kier alpha value is -2.34. The number of rotatable bonds is 4. The highest BCUT2D eigenvalue weighted by atomic mass is 15.3. The summed E-state index contributed by atoms with van der Waals surface area (Å²) in [5.74, 6) is 1.86. The van der Waals surface area contributed by atoms with Gasteiger partial charge in [0.05, 0.1) is 0 Å². The second-order valence-electron chi connectivity index (χ2n) is 8.39. The van der Waals surface area contributed by atoms with Gasteiger partial charge in [-0.25, -0.2) is 4.98 Å². The standard InChI is InChI=1S/C22H30N6/c1-26-12-14-27(15-13-26)19-8-6-18(7-9-19)24-22-23-16-17-10-11-28(21(17)25-22)20-4-2-3-5-20/h6-9,16,20H,2-5,10-15H2,1H3,(H,23,24,25). The van der Waals surface area contributed by atoms with E-state index in [0.717, 1.165) is 50.6 Å². The topological polar surface area (TPSA) is 47.5 Å². The van der Waals surface area contributed by atoms with Crippen LogP contribution in [0.15, 0.2) is 30.5 Å². The average Bonchev–Trinajstić information content (AvgIpc) is 3.38. The van der Waals surface area contributed by atoms with Gasteiger partial charge in [0.15, 0.2) is 0 Å². The van der Waals surface area contributed by atoms with E-state index in [2.05, 4.69) is 56.3 Å². The molecule has 3 heterocycles. The van der Waals surface area contributed by atoms with Crippen molar-refractivity contribution in [3.05, 3.63) is 36.0 Å². The second-order valence-corrected chi connectivity index (χ2v) is 8.39. The number of nitrogens with one attached hydrogen (secondary N) is 1. The van der Waals surface area contributed by atoms with Crippen LogP contribution in [0.5, 0.6) is 0 Å². The number of fused-ring (bicyclic) bond motifs is 1. The molecule has 1 saturated heterocycles. The molecule has 0 radical (unpaired) electrons. The lowest BCUT2D eigenvalue weighted by atomic mass is 10.2. The predicted molar refractivity (Wildman–Crippen MR) is 115 cm³/mol. The van der Waals surface area contributed by atoms with Crippen LogP contribution in [-0.4, -0.2) is 60.7 Å². The van der Waals surface area contributed by atoms with E-state index >= 15 is 0 Å². The van der Waals surface area contributed by atoms with Crippen molar-refractivity contribution < 1.29 is 0 Å². The number of hydrogen-bond acceptors (Lipinski definition) is 6. The minimum atomic E-state index is 0.673. The molecule has 2 fully saturated rings. The van der Waals surface area contributed by atoms with Crippen LogP contribution in [0.1, 0.15) is 31.2 Å². The third kappa shape index (κ3) is 3.53. The normalized spacial score (nSPS) is 20.6. The Labute approximate surface area is 167 Å². The van der Waals surface area contributed by atoms with Crippen molar-refractivity contribution in [1.29, 1.82) is 0 Å². The number of anilines is 4. The van der Waals surface area contributed by atoms with Crippen LogP contribution >= 0.6 is 0 Å². The third-order valence-corrected chi connectivity index (χ3v) is 6.49. The van der Waals surface area contributed by atoms with E-state index in [4.69, 9.17) is 4.98 Å². The summed E-state index contributed by atoms with van der Waals surface area (Å²) in [4.78, 5) is 16.8. The van der Waals surface area contributed by atoms with Gasteiger partial charge in [-0.15, -0.1) is 0 Å². The molecular formula is C22H30N6. The van der Waals surface area contributed by atoms with Crippen molar-refractivity contribution in [3.63, 3.8) is 0 Å². The molecule has 5 rings (SSSR count). The van der Waals surface area contributed by atoms with Crippen molar-refractivity contribution in [1.82, 2.24) is 14.9 Å². The van der Waals surface area contributed by atoms with Crippen molar-refractivity contribution in [3.8, 4) is 0 Å². The molecule has 0 unspecified atom stereocenters. The van der Waals surface area contributed by atoms with Gasteiger partial charge in [0.1, 0.15) is 5.82 Å². The number of aromatic nitrogens is 2. The summed E-state index contributed by atoms with van der Waals surface area (Å²) < 4.78 is 0. The lowest BCUT2D eigenvalue weighted by molar-refractivity contribution is 0.313. The van der Waals surface area contributed by atoms with E-state index in [9.17, 15) is 0 Å². The van der Waals surface area contributed by atoms with E-state index in [-0.39, 0.29) is 0 Å². The summed E-state index contributed by atoms with van der Waals surface area (Å²) in [5, 5.41) is 3.41. The van der Waals surface area contributed by atoms with Crippen molar-refractivity contribution in [2.75, 3.05) is 54.9 Å². The van der Waals surface area contributed by atoms with Gasteiger partial charge in [0, 0.05) is 61.9 Å². The lowest BCUT2D eigenvalue weighted by Gasteiger charge is -2.34. The fourth-order valence-electron chi connectivity index (χ4n) is 4.75. The summed E-state index contributed by atoms with van der Waals surface area (Å²) in [6.45, 7) is 5.53. The molecule has 0 amide bonds. The highest BCUT2D eigenvalue weighted by molar-refractivity contribution is 5.62. The zero-order valence-corrected chi connectivity index (χ0v) is 16.8. The molecule has 1 saturated carbocycles. The molecule has 2 aromatic rings. The Balaban J connectivity index is 1.28. The first-order valence-corrected chi connectivity index (χ1v) is 10.7. The molecule has 6 nitrogen and oxygen atoms in total. The van der Waals surface area contributed by atoms with Crippen LogP contribution in [0.4, 0.5) is 23.1 Å². The Bertz CT molecular complexity index is 806.